The molecule has 0 unspecified atom stereocenters. The highest BCUT2D eigenvalue weighted by molar-refractivity contribution is 5.93. The molecule has 0 radical (unpaired) electrons. The summed E-state index contributed by atoms with van der Waals surface area (Å²) in [5.41, 5.74) is 1.26. The molecule has 9 nitrogen and oxygen atoms in total. The molecule has 3 aromatic rings. The predicted octanol–water partition coefficient (Wildman–Crippen LogP) is 3.48. The van der Waals surface area contributed by atoms with E-state index in [1.807, 2.05) is 18.2 Å². The quantitative estimate of drug-likeness (QED) is 0.492. The molecule has 3 N–H and O–H groups in total. The van der Waals surface area contributed by atoms with Crippen molar-refractivity contribution in [3.63, 3.8) is 0 Å². The van der Waals surface area contributed by atoms with Crippen LogP contribution in [0.2, 0.25) is 0 Å². The number of nitrogens with one attached hydrogen (secondary N) is 3. The number of benzene rings is 2. The molecule has 1 heterocycles. The third kappa shape index (κ3) is 5.45. The first-order valence-corrected chi connectivity index (χ1v) is 10.5. The molecule has 1 aliphatic rings. The van der Waals surface area contributed by atoms with Crippen LogP contribution in [0.3, 0.4) is 0 Å². The number of carbonyl (C=O) groups excluding carboxylic acids is 2. The molecule has 34 heavy (non-hydrogen) atoms. The first-order chi connectivity index (χ1) is 16.4. The fourth-order valence-electron chi connectivity index (χ4n) is 3.23. The lowest BCUT2D eigenvalue weighted by molar-refractivity contribution is -0.124. The van der Waals surface area contributed by atoms with Crippen LogP contribution in [-0.4, -0.2) is 27.5 Å². The Morgan fingerprint density at radius 3 is 2.50 bits per heavy atom. The average Bonchev–Trinajstić information content (AvgIpc) is 3.61. The van der Waals surface area contributed by atoms with E-state index in [1.165, 1.54) is 30.6 Å². The van der Waals surface area contributed by atoms with Gasteiger partial charge in [-0.25, -0.2) is 19.2 Å². The standard InChI is InChI=1S/C24H21FN6O3/c1-15-27-13-20(14-28-15)34-23(33)31-24(8-9-24)22(32)29-12-16-2-5-19(6-3-16)30-21-7-4-18(25)10-17(21)11-26/h2-7,10,13-14,30H,8-9,12H2,1H3,(H,29,32)(H,31,33). The monoisotopic (exact) mass is 460 g/mol. The highest BCUT2D eigenvalue weighted by Gasteiger charge is 2.51. The first-order valence-electron chi connectivity index (χ1n) is 10.5. The summed E-state index contributed by atoms with van der Waals surface area (Å²) in [6.45, 7) is 1.98. The van der Waals surface area contributed by atoms with Gasteiger partial charge >= 0.3 is 6.09 Å². The van der Waals surface area contributed by atoms with E-state index in [0.29, 0.717) is 30.0 Å². The van der Waals surface area contributed by atoms with E-state index in [0.717, 1.165) is 5.56 Å². The zero-order valence-corrected chi connectivity index (χ0v) is 18.3. The smallest absolute Gasteiger partial charge is 0.407 e. The summed E-state index contributed by atoms with van der Waals surface area (Å²) in [6, 6.07) is 13.1. The van der Waals surface area contributed by atoms with E-state index in [9.17, 15) is 14.0 Å². The van der Waals surface area contributed by atoms with Gasteiger partial charge in [0.1, 0.15) is 23.2 Å². The van der Waals surface area contributed by atoms with Crippen LogP contribution in [0.25, 0.3) is 0 Å². The van der Waals surface area contributed by atoms with Crippen molar-refractivity contribution in [3.8, 4) is 11.8 Å². The van der Waals surface area contributed by atoms with Gasteiger partial charge in [0.05, 0.1) is 23.6 Å². The molecule has 172 valence electrons. The third-order valence-electron chi connectivity index (χ3n) is 5.28. The van der Waals surface area contributed by atoms with Crippen LogP contribution < -0.4 is 20.7 Å². The minimum atomic E-state index is -0.986. The number of hydrogen-bond acceptors (Lipinski definition) is 7. The molecule has 1 fully saturated rings. The number of nitriles is 1. The van der Waals surface area contributed by atoms with Gasteiger partial charge in [-0.3, -0.25) is 4.79 Å². The van der Waals surface area contributed by atoms with Crippen LogP contribution >= 0.6 is 0 Å². The number of rotatable bonds is 7. The second-order valence-electron chi connectivity index (χ2n) is 7.87. The number of nitrogens with zero attached hydrogens (tertiary/aromatic N) is 3. The van der Waals surface area contributed by atoms with E-state index < -0.39 is 17.4 Å². The first kappa shape index (κ1) is 22.7. The summed E-state index contributed by atoms with van der Waals surface area (Å²) < 4.78 is 18.4. The van der Waals surface area contributed by atoms with Gasteiger partial charge in [0.25, 0.3) is 0 Å². The van der Waals surface area contributed by atoms with Crippen LogP contribution in [0.15, 0.2) is 54.9 Å². The summed E-state index contributed by atoms with van der Waals surface area (Å²) >= 11 is 0. The Labute approximate surface area is 195 Å². The topological polar surface area (TPSA) is 129 Å². The van der Waals surface area contributed by atoms with E-state index in [1.54, 1.807) is 19.1 Å². The minimum absolute atomic E-state index is 0.190. The normalized spacial score (nSPS) is 13.3. The van der Waals surface area contributed by atoms with Crippen LogP contribution in [0.5, 0.6) is 5.75 Å². The third-order valence-corrected chi connectivity index (χ3v) is 5.28. The number of anilines is 2. The highest BCUT2D eigenvalue weighted by Crippen LogP contribution is 2.35. The molecule has 0 saturated heterocycles. The number of carbonyl (C=O) groups is 2. The lowest BCUT2D eigenvalue weighted by Crippen LogP contribution is -2.49. The SMILES string of the molecule is Cc1ncc(OC(=O)NC2(C(=O)NCc3ccc(Nc4ccc(F)cc4C#N)cc3)CC2)cn1. The summed E-state index contributed by atoms with van der Waals surface area (Å²) in [5.74, 6) is -0.0298. The van der Waals surface area contributed by atoms with Crippen LogP contribution in [-0.2, 0) is 11.3 Å². The summed E-state index contributed by atoms with van der Waals surface area (Å²) in [7, 11) is 0. The molecule has 1 aliphatic carbocycles. The Balaban J connectivity index is 1.29. The maximum absolute atomic E-state index is 13.3. The Kier molecular flexibility index (Phi) is 6.36. The molecule has 2 amide bonds. The van der Waals surface area contributed by atoms with Crippen molar-refractivity contribution in [1.29, 1.82) is 5.26 Å². The van der Waals surface area contributed by atoms with E-state index in [4.69, 9.17) is 10.00 Å². The van der Waals surface area contributed by atoms with E-state index >= 15 is 0 Å². The number of aromatic nitrogens is 2. The van der Waals surface area contributed by atoms with Crippen LogP contribution in [0.1, 0.15) is 29.8 Å². The van der Waals surface area contributed by atoms with Gasteiger partial charge in [-0.05, 0) is 55.7 Å². The fourth-order valence-corrected chi connectivity index (χ4v) is 3.23. The van der Waals surface area contributed by atoms with Crippen molar-refractivity contribution in [3.05, 3.63) is 77.6 Å². The Bertz CT molecular complexity index is 1250. The molecular weight excluding hydrogens is 439 g/mol. The molecule has 0 bridgehead atoms. The molecular formula is C24H21FN6O3. The van der Waals surface area contributed by atoms with Crippen molar-refractivity contribution >= 4 is 23.4 Å². The van der Waals surface area contributed by atoms with Gasteiger partial charge in [0, 0.05) is 12.2 Å². The molecule has 0 aliphatic heterocycles. The van der Waals surface area contributed by atoms with E-state index in [2.05, 4.69) is 25.9 Å². The summed E-state index contributed by atoms with van der Waals surface area (Å²) in [6.07, 6.45) is 3.06. The van der Waals surface area contributed by atoms with Crippen molar-refractivity contribution in [2.75, 3.05) is 5.32 Å². The molecule has 0 atom stereocenters. The lowest BCUT2D eigenvalue weighted by Gasteiger charge is -2.17. The molecule has 10 heteroatoms. The van der Waals surface area contributed by atoms with Crippen molar-refractivity contribution < 1.29 is 18.7 Å². The van der Waals surface area contributed by atoms with Crippen LogP contribution in [0.4, 0.5) is 20.6 Å². The van der Waals surface area contributed by atoms with Crippen molar-refractivity contribution in [1.82, 2.24) is 20.6 Å². The number of amides is 2. The number of hydrogen-bond donors (Lipinski definition) is 3. The van der Waals surface area contributed by atoms with Crippen molar-refractivity contribution in [2.24, 2.45) is 0 Å². The maximum Gasteiger partial charge on any atom is 0.413 e. The van der Waals surface area contributed by atoms with Gasteiger partial charge < -0.3 is 20.7 Å². The lowest BCUT2D eigenvalue weighted by atomic mass is 10.1. The summed E-state index contributed by atoms with van der Waals surface area (Å²) in [5, 5.41) is 17.7. The zero-order valence-electron chi connectivity index (χ0n) is 18.3. The molecule has 0 spiro atoms. The van der Waals surface area contributed by atoms with E-state index in [-0.39, 0.29) is 23.8 Å². The molecule has 1 aromatic heterocycles. The highest BCUT2D eigenvalue weighted by atomic mass is 19.1. The largest absolute Gasteiger partial charge is 0.413 e. The molecule has 2 aromatic carbocycles. The Morgan fingerprint density at radius 1 is 1.15 bits per heavy atom. The number of halogens is 1. The fraction of sp³-hybridized carbons (Fsp3) is 0.208. The summed E-state index contributed by atoms with van der Waals surface area (Å²) in [4.78, 5) is 32.7. The Morgan fingerprint density at radius 2 is 1.85 bits per heavy atom. The van der Waals surface area contributed by atoms with Crippen molar-refractivity contribution in [2.45, 2.75) is 31.8 Å². The predicted molar refractivity (Wildman–Crippen MR) is 121 cm³/mol. The number of ether oxygens (including phenoxy) is 1. The zero-order chi connectivity index (χ0) is 24.1. The van der Waals surface area contributed by atoms with Gasteiger partial charge in [-0.15, -0.1) is 0 Å². The number of aryl methyl sites for hydroxylation is 1. The molecule has 1 saturated carbocycles. The van der Waals surface area contributed by atoms with Gasteiger partial charge in [0.15, 0.2) is 5.75 Å². The van der Waals surface area contributed by atoms with Gasteiger partial charge in [-0.2, -0.15) is 5.26 Å². The van der Waals surface area contributed by atoms with Crippen LogP contribution in [0, 0.1) is 24.1 Å². The minimum Gasteiger partial charge on any atom is -0.407 e. The second kappa shape index (κ2) is 9.54. The van der Waals surface area contributed by atoms with Gasteiger partial charge in [0.2, 0.25) is 5.91 Å². The second-order valence-corrected chi connectivity index (χ2v) is 7.87. The van der Waals surface area contributed by atoms with Gasteiger partial charge in [-0.1, -0.05) is 12.1 Å². The Hall–Kier alpha value is -4.52. The average molecular weight is 460 g/mol. The maximum atomic E-state index is 13.3. The molecule has 4 rings (SSSR count).